The highest BCUT2D eigenvalue weighted by atomic mass is 35.5. The van der Waals surface area contributed by atoms with Crippen LogP contribution in [0.1, 0.15) is 16.2 Å². The number of rotatable bonds is 5. The van der Waals surface area contributed by atoms with Crippen LogP contribution in [0.4, 0.5) is 0 Å². The third kappa shape index (κ3) is 3.52. The zero-order chi connectivity index (χ0) is 16.2. The minimum Gasteiger partial charge on any atom is -0.496 e. The molecule has 8 heteroatoms. The molecule has 3 aromatic rings. The zero-order valence-corrected chi connectivity index (χ0v) is 13.6. The number of methoxy groups -OCH3 is 1. The number of nitrogens with zero attached hydrogens (tertiary/aromatic N) is 2. The van der Waals surface area contributed by atoms with Crippen molar-refractivity contribution in [2.75, 3.05) is 7.11 Å². The summed E-state index contributed by atoms with van der Waals surface area (Å²) in [6.45, 7) is -0.132. The van der Waals surface area contributed by atoms with E-state index in [1.54, 1.807) is 12.1 Å². The first-order valence-electron chi connectivity index (χ1n) is 6.54. The number of carbonyl (C=O) groups is 1. The largest absolute Gasteiger partial charge is 0.496 e. The first-order chi connectivity index (χ1) is 11.2. The van der Waals surface area contributed by atoms with Crippen molar-refractivity contribution in [3.05, 3.63) is 52.2 Å². The molecule has 23 heavy (non-hydrogen) atoms. The average molecular weight is 351 g/mol. The highest BCUT2D eigenvalue weighted by Gasteiger charge is 2.16. The summed E-state index contributed by atoms with van der Waals surface area (Å²) in [5.41, 5.74) is 0.234. The molecule has 2 heterocycles. The molecule has 0 saturated heterocycles. The van der Waals surface area contributed by atoms with Crippen LogP contribution in [0, 0.1) is 0 Å². The molecule has 0 radical (unpaired) electrons. The highest BCUT2D eigenvalue weighted by molar-refractivity contribution is 7.13. The lowest BCUT2D eigenvalue weighted by molar-refractivity contribution is 0.0435. The van der Waals surface area contributed by atoms with E-state index < -0.39 is 5.97 Å². The fourth-order valence-corrected chi connectivity index (χ4v) is 2.67. The van der Waals surface area contributed by atoms with Crippen molar-refractivity contribution < 1.29 is 18.7 Å². The number of aromatic nitrogens is 2. The predicted octanol–water partition coefficient (Wildman–Crippen LogP) is 3.82. The molecule has 0 bridgehead atoms. The molecule has 6 nitrogen and oxygen atoms in total. The molecule has 0 unspecified atom stereocenters. The lowest BCUT2D eigenvalue weighted by Crippen LogP contribution is -2.07. The fourth-order valence-electron chi connectivity index (χ4n) is 1.86. The Hall–Kier alpha value is -2.38. The summed E-state index contributed by atoms with van der Waals surface area (Å²) < 4.78 is 15.7. The number of halogens is 1. The minimum absolute atomic E-state index is 0.132. The maximum absolute atomic E-state index is 12.1. The molecule has 0 aliphatic heterocycles. The average Bonchev–Trinajstić information content (AvgIpc) is 3.23. The smallest absolute Gasteiger partial charge is 0.342 e. The molecule has 2 aromatic heterocycles. The van der Waals surface area contributed by atoms with Crippen LogP contribution in [0.15, 0.2) is 40.1 Å². The lowest BCUT2D eigenvalue weighted by atomic mass is 10.2. The molecule has 0 amide bonds. The van der Waals surface area contributed by atoms with Crippen LogP contribution in [-0.2, 0) is 11.3 Å². The third-order valence-electron chi connectivity index (χ3n) is 2.91. The van der Waals surface area contributed by atoms with Crippen molar-refractivity contribution in [2.45, 2.75) is 6.61 Å². The summed E-state index contributed by atoms with van der Waals surface area (Å²) in [6, 6.07) is 8.46. The quantitative estimate of drug-likeness (QED) is 0.651. The molecule has 1 aromatic carbocycles. The SMILES string of the molecule is COc1ccc(Cl)cc1C(=O)OCc1nnc(-c2cccs2)o1. The summed E-state index contributed by atoms with van der Waals surface area (Å²) in [5, 5.41) is 10.1. The fraction of sp³-hybridized carbons (Fsp3) is 0.133. The molecule has 0 saturated carbocycles. The van der Waals surface area contributed by atoms with Gasteiger partial charge in [-0.05, 0) is 29.6 Å². The monoisotopic (exact) mass is 350 g/mol. The molecule has 3 rings (SSSR count). The van der Waals surface area contributed by atoms with Crippen molar-refractivity contribution in [3.63, 3.8) is 0 Å². The Bertz CT molecular complexity index is 817. The van der Waals surface area contributed by atoms with E-state index in [2.05, 4.69) is 10.2 Å². The second kappa shape index (κ2) is 6.80. The van der Waals surface area contributed by atoms with Gasteiger partial charge in [0.2, 0.25) is 0 Å². The maximum Gasteiger partial charge on any atom is 0.342 e. The van der Waals surface area contributed by atoms with E-state index in [1.165, 1.54) is 24.5 Å². The van der Waals surface area contributed by atoms with E-state index in [9.17, 15) is 4.79 Å². The van der Waals surface area contributed by atoms with E-state index in [-0.39, 0.29) is 18.1 Å². The van der Waals surface area contributed by atoms with Gasteiger partial charge in [0.05, 0.1) is 12.0 Å². The number of esters is 1. The van der Waals surface area contributed by atoms with Crippen LogP contribution in [0.5, 0.6) is 5.75 Å². The summed E-state index contributed by atoms with van der Waals surface area (Å²) in [6.07, 6.45) is 0. The normalized spacial score (nSPS) is 10.5. The Morgan fingerprint density at radius 2 is 2.22 bits per heavy atom. The summed E-state index contributed by atoms with van der Waals surface area (Å²) >= 11 is 7.37. The predicted molar refractivity (Wildman–Crippen MR) is 84.7 cm³/mol. The van der Waals surface area contributed by atoms with Gasteiger partial charge in [-0.2, -0.15) is 0 Å². The third-order valence-corrected chi connectivity index (χ3v) is 4.00. The van der Waals surface area contributed by atoms with Gasteiger partial charge in [0.1, 0.15) is 11.3 Å². The Morgan fingerprint density at radius 1 is 1.35 bits per heavy atom. The molecular formula is C15H11ClN2O4S. The van der Waals surface area contributed by atoms with Crippen LogP contribution in [0.3, 0.4) is 0 Å². The number of ether oxygens (including phenoxy) is 2. The maximum atomic E-state index is 12.1. The lowest BCUT2D eigenvalue weighted by Gasteiger charge is -2.07. The molecule has 0 fully saturated rings. The molecule has 0 atom stereocenters. The van der Waals surface area contributed by atoms with Crippen molar-refractivity contribution >= 4 is 28.9 Å². The van der Waals surface area contributed by atoms with Crippen LogP contribution >= 0.6 is 22.9 Å². The van der Waals surface area contributed by atoms with E-state index in [0.717, 1.165) is 4.88 Å². The van der Waals surface area contributed by atoms with E-state index in [4.69, 9.17) is 25.5 Å². The molecule has 0 aliphatic rings. The van der Waals surface area contributed by atoms with Crippen molar-refractivity contribution in [1.82, 2.24) is 10.2 Å². The van der Waals surface area contributed by atoms with Crippen LogP contribution in [0.2, 0.25) is 5.02 Å². The van der Waals surface area contributed by atoms with Gasteiger partial charge in [-0.3, -0.25) is 0 Å². The van der Waals surface area contributed by atoms with Crippen LogP contribution in [0.25, 0.3) is 10.8 Å². The number of carbonyl (C=O) groups excluding carboxylic acids is 1. The second-order valence-electron chi connectivity index (χ2n) is 4.40. The van der Waals surface area contributed by atoms with Gasteiger partial charge in [-0.15, -0.1) is 21.5 Å². The van der Waals surface area contributed by atoms with Gasteiger partial charge in [-0.25, -0.2) is 4.79 Å². The van der Waals surface area contributed by atoms with Gasteiger partial charge < -0.3 is 13.9 Å². The highest BCUT2D eigenvalue weighted by Crippen LogP contribution is 2.25. The van der Waals surface area contributed by atoms with Gasteiger partial charge in [-0.1, -0.05) is 17.7 Å². The molecule has 118 valence electrons. The van der Waals surface area contributed by atoms with E-state index >= 15 is 0 Å². The molecule has 0 aliphatic carbocycles. The van der Waals surface area contributed by atoms with E-state index in [1.807, 2.05) is 17.5 Å². The Balaban J connectivity index is 1.69. The van der Waals surface area contributed by atoms with Crippen LogP contribution in [-0.4, -0.2) is 23.3 Å². The molecule has 0 spiro atoms. The van der Waals surface area contributed by atoms with Gasteiger partial charge in [0.15, 0.2) is 6.61 Å². The zero-order valence-electron chi connectivity index (χ0n) is 12.0. The minimum atomic E-state index is -0.583. The number of hydrogen-bond acceptors (Lipinski definition) is 7. The van der Waals surface area contributed by atoms with Gasteiger partial charge in [0, 0.05) is 5.02 Å². The second-order valence-corrected chi connectivity index (χ2v) is 5.78. The van der Waals surface area contributed by atoms with Crippen molar-refractivity contribution in [2.24, 2.45) is 0 Å². The van der Waals surface area contributed by atoms with Crippen molar-refractivity contribution in [3.8, 4) is 16.5 Å². The van der Waals surface area contributed by atoms with Crippen molar-refractivity contribution in [1.29, 1.82) is 0 Å². The standard InChI is InChI=1S/C15H11ClN2O4S/c1-20-11-5-4-9(16)7-10(11)15(19)21-8-13-17-18-14(22-13)12-3-2-6-23-12/h2-7H,8H2,1H3. The molecule has 0 N–H and O–H groups in total. The topological polar surface area (TPSA) is 74.5 Å². The number of thiophene rings is 1. The number of hydrogen-bond donors (Lipinski definition) is 0. The summed E-state index contributed by atoms with van der Waals surface area (Å²) in [4.78, 5) is 13.0. The first kappa shape index (κ1) is 15.5. The number of benzene rings is 1. The Labute approximate surface area is 140 Å². The van der Waals surface area contributed by atoms with Crippen LogP contribution < -0.4 is 4.74 Å². The van der Waals surface area contributed by atoms with Gasteiger partial charge >= 0.3 is 5.97 Å². The Morgan fingerprint density at radius 3 is 2.96 bits per heavy atom. The summed E-state index contributed by atoms with van der Waals surface area (Å²) in [7, 11) is 1.46. The van der Waals surface area contributed by atoms with E-state index in [0.29, 0.717) is 16.7 Å². The first-order valence-corrected chi connectivity index (χ1v) is 7.80. The Kier molecular flexibility index (Phi) is 4.59. The summed E-state index contributed by atoms with van der Waals surface area (Å²) in [5.74, 6) is 0.401. The molecular weight excluding hydrogens is 340 g/mol. The van der Waals surface area contributed by atoms with Gasteiger partial charge in [0.25, 0.3) is 11.8 Å².